The van der Waals surface area contributed by atoms with Crippen molar-refractivity contribution in [3.63, 3.8) is 0 Å². The lowest BCUT2D eigenvalue weighted by atomic mass is 10.4. The minimum atomic E-state index is -0.295. The Hall–Kier alpha value is -0.830. The fraction of sp³-hybridized carbons (Fsp3) is 0.667. The normalized spacial score (nSPS) is 8.00. The number of nitrogens with two attached hydrogens (primary N) is 1. The van der Waals surface area contributed by atoms with Crippen LogP contribution in [0.25, 0.3) is 0 Å². The zero-order valence-electron chi connectivity index (χ0n) is 8.22. The zero-order chi connectivity index (χ0) is 9.98. The van der Waals surface area contributed by atoms with Crippen molar-refractivity contribution in [2.45, 2.75) is 27.2 Å². The molecule has 72 valence electrons. The first-order valence-electron chi connectivity index (χ1n) is 4.12. The first-order chi connectivity index (χ1) is 5.59. The molecule has 0 heterocycles. The van der Waals surface area contributed by atoms with Crippen LogP contribution in [0.4, 0.5) is 0 Å². The van der Waals surface area contributed by atoms with Crippen LogP contribution >= 0.6 is 0 Å². The molecule has 0 atom stereocenters. The minimum Gasteiger partial charge on any atom is -0.462 e. The molecule has 0 amide bonds. The van der Waals surface area contributed by atoms with Crippen molar-refractivity contribution in [2.24, 2.45) is 5.73 Å². The molecular formula is C9H19NO2. The van der Waals surface area contributed by atoms with E-state index in [0.717, 1.165) is 13.0 Å². The van der Waals surface area contributed by atoms with Crippen molar-refractivity contribution in [1.82, 2.24) is 0 Å². The molecule has 2 N–H and O–H groups in total. The van der Waals surface area contributed by atoms with E-state index in [1.54, 1.807) is 6.92 Å². The van der Waals surface area contributed by atoms with Gasteiger partial charge in [-0.3, -0.25) is 0 Å². The molecule has 0 spiro atoms. The summed E-state index contributed by atoms with van der Waals surface area (Å²) in [6, 6.07) is 0. The third-order valence-electron chi connectivity index (χ3n) is 0.786. The van der Waals surface area contributed by atoms with Gasteiger partial charge in [0.25, 0.3) is 0 Å². The summed E-state index contributed by atoms with van der Waals surface area (Å²) in [4.78, 5) is 10.6. The lowest BCUT2D eigenvalue weighted by molar-refractivity contribution is -0.138. The van der Waals surface area contributed by atoms with Crippen LogP contribution in [-0.2, 0) is 9.53 Å². The smallest absolute Gasteiger partial charge is 0.333 e. The highest BCUT2D eigenvalue weighted by Gasteiger charge is 1.99. The first kappa shape index (κ1) is 13.7. The molecular weight excluding hydrogens is 154 g/mol. The third-order valence-corrected chi connectivity index (χ3v) is 0.786. The van der Waals surface area contributed by atoms with Crippen molar-refractivity contribution in [3.8, 4) is 0 Å². The van der Waals surface area contributed by atoms with E-state index < -0.39 is 0 Å². The van der Waals surface area contributed by atoms with Crippen LogP contribution in [0.15, 0.2) is 12.2 Å². The molecule has 0 aromatic heterocycles. The highest BCUT2D eigenvalue weighted by Crippen LogP contribution is 1.91. The second kappa shape index (κ2) is 10.2. The molecule has 0 rings (SSSR count). The number of carbonyl (C=O) groups is 1. The lowest BCUT2D eigenvalue weighted by Gasteiger charge is -1.99. The predicted octanol–water partition coefficient (Wildman–Crippen LogP) is 1.48. The Bertz CT molecular complexity index is 132. The van der Waals surface area contributed by atoms with E-state index in [0.29, 0.717) is 12.2 Å². The summed E-state index contributed by atoms with van der Waals surface area (Å²) in [7, 11) is 0. The number of hydrogen-bond acceptors (Lipinski definition) is 3. The van der Waals surface area contributed by atoms with Crippen molar-refractivity contribution >= 4 is 5.97 Å². The predicted molar refractivity (Wildman–Crippen MR) is 50.8 cm³/mol. The number of rotatable bonds is 3. The molecule has 0 aliphatic rings. The maximum Gasteiger partial charge on any atom is 0.333 e. The summed E-state index contributed by atoms with van der Waals surface area (Å²) in [5, 5.41) is 0. The molecule has 0 aromatic rings. The van der Waals surface area contributed by atoms with E-state index in [2.05, 4.69) is 6.58 Å². The summed E-state index contributed by atoms with van der Waals surface area (Å²) < 4.78 is 4.71. The molecule has 0 fully saturated rings. The molecule has 0 saturated heterocycles. The standard InChI is InChI=1S/C7H12O2.C2H7N/c1-4-5-9-7(8)6(2)3;1-2-3/h2,4-5H2,1,3H3;2-3H2,1H3. The Morgan fingerprint density at radius 2 is 1.92 bits per heavy atom. The molecule has 0 bridgehead atoms. The molecule has 12 heavy (non-hydrogen) atoms. The highest BCUT2D eigenvalue weighted by atomic mass is 16.5. The second-order valence-electron chi connectivity index (χ2n) is 2.32. The average Bonchev–Trinajstić information content (AvgIpc) is 2.01. The Morgan fingerprint density at radius 1 is 1.50 bits per heavy atom. The fourth-order valence-corrected chi connectivity index (χ4v) is 0.318. The molecule has 3 heteroatoms. The van der Waals surface area contributed by atoms with Gasteiger partial charge in [-0.25, -0.2) is 4.79 Å². The van der Waals surface area contributed by atoms with Gasteiger partial charge in [-0.15, -0.1) is 0 Å². The Morgan fingerprint density at radius 3 is 2.17 bits per heavy atom. The molecule has 0 aliphatic heterocycles. The summed E-state index contributed by atoms with van der Waals surface area (Å²) in [5.74, 6) is -0.295. The number of hydrogen-bond donors (Lipinski definition) is 1. The Labute approximate surface area is 74.6 Å². The van der Waals surface area contributed by atoms with Crippen LogP contribution in [0.3, 0.4) is 0 Å². The minimum absolute atomic E-state index is 0.295. The van der Waals surface area contributed by atoms with Gasteiger partial charge < -0.3 is 10.5 Å². The third kappa shape index (κ3) is 11.9. The van der Waals surface area contributed by atoms with E-state index in [9.17, 15) is 4.79 Å². The van der Waals surface area contributed by atoms with Crippen LogP contribution < -0.4 is 5.73 Å². The Balaban J connectivity index is 0. The lowest BCUT2D eigenvalue weighted by Crippen LogP contribution is -2.04. The maximum atomic E-state index is 10.6. The molecule has 0 saturated carbocycles. The Kier molecular flexibility index (Phi) is 11.6. The monoisotopic (exact) mass is 173 g/mol. The zero-order valence-corrected chi connectivity index (χ0v) is 8.22. The molecule has 3 nitrogen and oxygen atoms in total. The quantitative estimate of drug-likeness (QED) is 0.519. The molecule has 0 radical (unpaired) electrons. The van der Waals surface area contributed by atoms with Crippen LogP contribution in [0, 0.1) is 0 Å². The van der Waals surface area contributed by atoms with Gasteiger partial charge in [-0.1, -0.05) is 20.4 Å². The summed E-state index contributed by atoms with van der Waals surface area (Å²) >= 11 is 0. The van der Waals surface area contributed by atoms with Crippen LogP contribution in [0.2, 0.25) is 0 Å². The number of carbonyl (C=O) groups excluding carboxylic acids is 1. The van der Waals surface area contributed by atoms with Gasteiger partial charge in [0.1, 0.15) is 0 Å². The summed E-state index contributed by atoms with van der Waals surface area (Å²) in [5.41, 5.74) is 5.31. The van der Waals surface area contributed by atoms with Crippen molar-refractivity contribution < 1.29 is 9.53 Å². The van der Waals surface area contributed by atoms with Gasteiger partial charge in [-0.2, -0.15) is 0 Å². The number of ether oxygens (including phenoxy) is 1. The SMILES string of the molecule is C=C(C)C(=O)OCCC.CCN. The van der Waals surface area contributed by atoms with Gasteiger partial charge in [0.05, 0.1) is 6.61 Å². The van der Waals surface area contributed by atoms with Crippen LogP contribution in [0.1, 0.15) is 27.2 Å². The topological polar surface area (TPSA) is 52.3 Å². The maximum absolute atomic E-state index is 10.6. The van der Waals surface area contributed by atoms with Crippen molar-refractivity contribution in [3.05, 3.63) is 12.2 Å². The van der Waals surface area contributed by atoms with E-state index in [1.165, 1.54) is 0 Å². The van der Waals surface area contributed by atoms with Crippen molar-refractivity contribution in [2.75, 3.05) is 13.2 Å². The van der Waals surface area contributed by atoms with Crippen LogP contribution in [-0.4, -0.2) is 19.1 Å². The van der Waals surface area contributed by atoms with E-state index in [-0.39, 0.29) is 5.97 Å². The summed E-state index contributed by atoms with van der Waals surface area (Å²) in [6.07, 6.45) is 0.860. The summed E-state index contributed by atoms with van der Waals surface area (Å²) in [6.45, 7) is 10.2. The van der Waals surface area contributed by atoms with Crippen molar-refractivity contribution in [1.29, 1.82) is 0 Å². The highest BCUT2D eigenvalue weighted by molar-refractivity contribution is 5.86. The van der Waals surface area contributed by atoms with Gasteiger partial charge in [0.2, 0.25) is 0 Å². The number of esters is 1. The van der Waals surface area contributed by atoms with E-state index in [1.807, 2.05) is 13.8 Å². The molecule has 0 unspecified atom stereocenters. The fourth-order valence-electron chi connectivity index (χ4n) is 0.318. The van der Waals surface area contributed by atoms with Crippen LogP contribution in [0.5, 0.6) is 0 Å². The average molecular weight is 173 g/mol. The van der Waals surface area contributed by atoms with Gasteiger partial charge >= 0.3 is 5.97 Å². The van der Waals surface area contributed by atoms with Gasteiger partial charge in [-0.05, 0) is 19.9 Å². The largest absolute Gasteiger partial charge is 0.462 e. The van der Waals surface area contributed by atoms with E-state index >= 15 is 0 Å². The molecule has 0 aromatic carbocycles. The first-order valence-corrected chi connectivity index (χ1v) is 4.12. The molecule has 0 aliphatic carbocycles. The second-order valence-corrected chi connectivity index (χ2v) is 2.32. The van der Waals surface area contributed by atoms with Gasteiger partial charge in [0.15, 0.2) is 0 Å². The van der Waals surface area contributed by atoms with E-state index in [4.69, 9.17) is 10.5 Å². The van der Waals surface area contributed by atoms with Gasteiger partial charge in [0, 0.05) is 5.57 Å².